The highest BCUT2D eigenvalue weighted by Gasteiger charge is 2.27. The Morgan fingerprint density at radius 2 is 1.59 bits per heavy atom. The molecule has 2 N–H and O–H groups in total. The van der Waals surface area contributed by atoms with E-state index in [1.54, 1.807) is 0 Å². The number of nitrogens with two attached hydrogens (primary N) is 1. The zero-order valence-corrected chi connectivity index (χ0v) is 11.5. The van der Waals surface area contributed by atoms with Gasteiger partial charge in [0.05, 0.1) is 0 Å². The van der Waals surface area contributed by atoms with E-state index in [-0.39, 0.29) is 0 Å². The maximum Gasteiger partial charge on any atom is 0.00952 e. The molecule has 2 atom stereocenters. The monoisotopic (exact) mass is 238 g/mol. The third kappa shape index (κ3) is 3.69. The lowest BCUT2D eigenvalue weighted by Crippen LogP contribution is -2.42. The lowest BCUT2D eigenvalue weighted by atomic mass is 9.94. The summed E-state index contributed by atoms with van der Waals surface area (Å²) in [6, 6.07) is 1.34. The van der Waals surface area contributed by atoms with E-state index in [2.05, 4.69) is 11.8 Å². The maximum atomic E-state index is 6.35. The third-order valence-electron chi connectivity index (χ3n) is 4.93. The van der Waals surface area contributed by atoms with Gasteiger partial charge >= 0.3 is 0 Å². The minimum absolute atomic E-state index is 0.466. The second-order valence-corrected chi connectivity index (χ2v) is 6.09. The number of hydrogen-bond donors (Lipinski definition) is 1. The Hall–Kier alpha value is -0.0800. The fourth-order valence-electron chi connectivity index (χ4n) is 3.75. The molecule has 0 spiro atoms. The van der Waals surface area contributed by atoms with Gasteiger partial charge in [-0.05, 0) is 38.1 Å². The van der Waals surface area contributed by atoms with Crippen molar-refractivity contribution < 1.29 is 0 Å². The van der Waals surface area contributed by atoms with Crippen LogP contribution >= 0.6 is 0 Å². The topological polar surface area (TPSA) is 29.3 Å². The third-order valence-corrected chi connectivity index (χ3v) is 4.93. The van der Waals surface area contributed by atoms with Crippen molar-refractivity contribution in [2.45, 2.75) is 76.8 Å². The van der Waals surface area contributed by atoms with Crippen LogP contribution in [0.3, 0.4) is 0 Å². The molecule has 2 saturated carbocycles. The van der Waals surface area contributed by atoms with E-state index in [1.165, 1.54) is 70.9 Å². The second kappa shape index (κ2) is 6.75. The van der Waals surface area contributed by atoms with Crippen LogP contribution in [0.4, 0.5) is 0 Å². The maximum absolute atomic E-state index is 6.35. The van der Waals surface area contributed by atoms with Crippen molar-refractivity contribution in [2.75, 3.05) is 13.1 Å². The van der Waals surface area contributed by atoms with E-state index in [4.69, 9.17) is 5.73 Å². The van der Waals surface area contributed by atoms with E-state index in [1.807, 2.05) is 0 Å². The van der Waals surface area contributed by atoms with E-state index in [0.717, 1.165) is 12.0 Å². The summed E-state index contributed by atoms with van der Waals surface area (Å²) in [5.74, 6) is 0.762. The van der Waals surface area contributed by atoms with Crippen molar-refractivity contribution in [2.24, 2.45) is 11.7 Å². The van der Waals surface area contributed by atoms with Gasteiger partial charge < -0.3 is 10.6 Å². The molecule has 0 aliphatic heterocycles. The first-order chi connectivity index (χ1) is 8.31. The fraction of sp³-hybridized carbons (Fsp3) is 1.00. The highest BCUT2D eigenvalue weighted by Crippen LogP contribution is 2.27. The Kier molecular flexibility index (Phi) is 5.30. The van der Waals surface area contributed by atoms with Crippen molar-refractivity contribution in [1.82, 2.24) is 4.90 Å². The molecule has 0 amide bonds. The molecule has 0 saturated heterocycles. The van der Waals surface area contributed by atoms with E-state index in [0.29, 0.717) is 6.04 Å². The molecule has 0 heterocycles. The largest absolute Gasteiger partial charge is 0.327 e. The molecule has 2 rings (SSSR count). The zero-order chi connectivity index (χ0) is 12.1. The molecule has 0 aromatic heterocycles. The highest BCUT2D eigenvalue weighted by atomic mass is 15.2. The van der Waals surface area contributed by atoms with Gasteiger partial charge in [0.1, 0.15) is 0 Å². The van der Waals surface area contributed by atoms with Gasteiger partial charge in [-0.25, -0.2) is 0 Å². The van der Waals surface area contributed by atoms with Crippen molar-refractivity contribution in [3.8, 4) is 0 Å². The molecule has 0 radical (unpaired) electrons. The Labute approximate surface area is 107 Å². The molecule has 0 bridgehead atoms. The van der Waals surface area contributed by atoms with Gasteiger partial charge in [-0.3, -0.25) is 0 Å². The van der Waals surface area contributed by atoms with Gasteiger partial charge in [-0.1, -0.05) is 39.0 Å². The molecule has 100 valence electrons. The van der Waals surface area contributed by atoms with Gasteiger partial charge in [0.2, 0.25) is 0 Å². The van der Waals surface area contributed by atoms with Gasteiger partial charge in [0.15, 0.2) is 0 Å². The van der Waals surface area contributed by atoms with E-state index in [9.17, 15) is 0 Å². The average Bonchev–Trinajstić information content (AvgIpc) is 2.79. The fourth-order valence-corrected chi connectivity index (χ4v) is 3.75. The average molecular weight is 238 g/mol. The molecule has 0 aromatic carbocycles. The molecule has 2 nitrogen and oxygen atoms in total. The molecule has 2 aliphatic rings. The van der Waals surface area contributed by atoms with Gasteiger partial charge in [0, 0.05) is 18.6 Å². The normalized spacial score (nSPS) is 31.9. The first-order valence-corrected chi connectivity index (χ1v) is 7.81. The van der Waals surface area contributed by atoms with Gasteiger partial charge in [-0.2, -0.15) is 0 Å². The summed E-state index contributed by atoms with van der Waals surface area (Å²) >= 11 is 0. The first kappa shape index (κ1) is 13.4. The minimum Gasteiger partial charge on any atom is -0.327 e. The number of nitrogens with zero attached hydrogens (tertiary/aromatic N) is 1. The molecule has 2 unspecified atom stereocenters. The summed E-state index contributed by atoms with van der Waals surface area (Å²) in [5.41, 5.74) is 6.35. The molecule has 2 fully saturated rings. The summed E-state index contributed by atoms with van der Waals surface area (Å²) in [7, 11) is 0. The molecular weight excluding hydrogens is 208 g/mol. The molecule has 2 aliphatic carbocycles. The van der Waals surface area contributed by atoms with Gasteiger partial charge in [-0.15, -0.1) is 0 Å². The predicted molar refractivity (Wildman–Crippen MR) is 74.1 cm³/mol. The number of hydrogen-bond acceptors (Lipinski definition) is 2. The van der Waals surface area contributed by atoms with Crippen LogP contribution in [0.15, 0.2) is 0 Å². The summed E-state index contributed by atoms with van der Waals surface area (Å²) < 4.78 is 0. The summed E-state index contributed by atoms with van der Waals surface area (Å²) in [6.45, 7) is 4.80. The van der Waals surface area contributed by atoms with Crippen LogP contribution in [0, 0.1) is 5.92 Å². The molecular formula is C15H30N2. The SMILES string of the molecule is CCN(CC1CCCCCC1N)C1CCCC1. The van der Waals surface area contributed by atoms with Crippen molar-refractivity contribution >= 4 is 0 Å². The highest BCUT2D eigenvalue weighted by molar-refractivity contribution is 4.83. The van der Waals surface area contributed by atoms with Crippen molar-refractivity contribution in [3.63, 3.8) is 0 Å². The zero-order valence-electron chi connectivity index (χ0n) is 11.5. The van der Waals surface area contributed by atoms with Crippen LogP contribution in [-0.2, 0) is 0 Å². The van der Waals surface area contributed by atoms with Gasteiger partial charge in [0.25, 0.3) is 0 Å². The second-order valence-electron chi connectivity index (χ2n) is 6.09. The standard InChI is InChI=1S/C15H30N2/c1-2-17(14-9-6-7-10-14)12-13-8-4-3-5-11-15(13)16/h13-15H,2-12,16H2,1H3. The van der Waals surface area contributed by atoms with E-state index >= 15 is 0 Å². The lowest BCUT2D eigenvalue weighted by molar-refractivity contribution is 0.161. The van der Waals surface area contributed by atoms with Crippen LogP contribution < -0.4 is 5.73 Å². The van der Waals surface area contributed by atoms with Crippen LogP contribution in [0.2, 0.25) is 0 Å². The Bertz CT molecular complexity index is 211. The van der Waals surface area contributed by atoms with Crippen LogP contribution in [-0.4, -0.2) is 30.1 Å². The smallest absolute Gasteiger partial charge is 0.00952 e. The Morgan fingerprint density at radius 3 is 2.29 bits per heavy atom. The molecule has 0 aromatic rings. The summed E-state index contributed by atoms with van der Waals surface area (Å²) in [6.07, 6.45) is 12.5. The predicted octanol–water partition coefficient (Wildman–Crippen LogP) is 3.16. The van der Waals surface area contributed by atoms with Crippen LogP contribution in [0.25, 0.3) is 0 Å². The minimum atomic E-state index is 0.466. The van der Waals surface area contributed by atoms with Crippen LogP contribution in [0.5, 0.6) is 0 Å². The van der Waals surface area contributed by atoms with Crippen molar-refractivity contribution in [1.29, 1.82) is 0 Å². The quantitative estimate of drug-likeness (QED) is 0.762. The molecule has 17 heavy (non-hydrogen) atoms. The van der Waals surface area contributed by atoms with Crippen molar-refractivity contribution in [3.05, 3.63) is 0 Å². The lowest BCUT2D eigenvalue weighted by Gasteiger charge is -2.33. The van der Waals surface area contributed by atoms with E-state index < -0.39 is 0 Å². The number of rotatable bonds is 4. The van der Waals surface area contributed by atoms with Crippen LogP contribution in [0.1, 0.15) is 64.7 Å². The first-order valence-electron chi connectivity index (χ1n) is 7.81. The summed E-state index contributed by atoms with van der Waals surface area (Å²) in [4.78, 5) is 2.73. The Balaban J connectivity index is 1.87. The molecule has 2 heteroatoms. The Morgan fingerprint density at radius 1 is 0.941 bits per heavy atom. The summed E-state index contributed by atoms with van der Waals surface area (Å²) in [5, 5.41) is 0.